The van der Waals surface area contributed by atoms with E-state index in [0.29, 0.717) is 6.54 Å². The van der Waals surface area contributed by atoms with Crippen molar-refractivity contribution in [2.24, 2.45) is 5.92 Å². The van der Waals surface area contributed by atoms with Crippen LogP contribution in [0.4, 0.5) is 0 Å². The molecule has 1 amide bonds. The molecule has 0 unspecified atom stereocenters. The van der Waals surface area contributed by atoms with E-state index in [4.69, 9.17) is 0 Å². The summed E-state index contributed by atoms with van der Waals surface area (Å²) in [6, 6.07) is 1.90. The summed E-state index contributed by atoms with van der Waals surface area (Å²) in [7, 11) is 0. The number of hydrogen-bond acceptors (Lipinski definition) is 3. The van der Waals surface area contributed by atoms with Gasteiger partial charge in [-0.1, -0.05) is 19.3 Å². The molecule has 0 aromatic carbocycles. The molecule has 4 heteroatoms. The second kappa shape index (κ2) is 5.75. The lowest BCUT2D eigenvalue weighted by atomic mass is 9.89. The summed E-state index contributed by atoms with van der Waals surface area (Å²) in [5.41, 5.74) is 1.81. The quantitative estimate of drug-likeness (QED) is 0.868. The van der Waals surface area contributed by atoms with Crippen molar-refractivity contribution in [2.45, 2.75) is 45.6 Å². The number of aryl methyl sites for hydroxylation is 1. The maximum Gasteiger partial charge on any atom is 0.223 e. The maximum absolute atomic E-state index is 11.9. The Balaban J connectivity index is 1.83. The molecule has 1 saturated carbocycles. The van der Waals surface area contributed by atoms with Gasteiger partial charge in [0.1, 0.15) is 6.33 Å². The fraction of sp³-hybridized carbons (Fsp3) is 0.615. The minimum Gasteiger partial charge on any atom is -0.350 e. The smallest absolute Gasteiger partial charge is 0.223 e. The van der Waals surface area contributed by atoms with Gasteiger partial charge in [0.05, 0.1) is 12.2 Å². The molecule has 1 heterocycles. The van der Waals surface area contributed by atoms with Crippen LogP contribution >= 0.6 is 0 Å². The highest BCUT2D eigenvalue weighted by molar-refractivity contribution is 5.78. The van der Waals surface area contributed by atoms with Gasteiger partial charge in [-0.25, -0.2) is 9.97 Å². The molecule has 0 radical (unpaired) electrons. The topological polar surface area (TPSA) is 54.9 Å². The second-order valence-electron chi connectivity index (χ2n) is 4.70. The molecule has 1 aliphatic carbocycles. The summed E-state index contributed by atoms with van der Waals surface area (Å²) in [6.07, 6.45) is 7.25. The summed E-state index contributed by atoms with van der Waals surface area (Å²) in [4.78, 5) is 20.1. The van der Waals surface area contributed by atoms with Crippen LogP contribution in [-0.2, 0) is 11.3 Å². The molecule has 0 aliphatic heterocycles. The molecule has 1 aliphatic rings. The first-order valence-electron chi connectivity index (χ1n) is 6.31. The molecule has 2 rings (SSSR count). The Bertz CT molecular complexity index is 386. The lowest BCUT2D eigenvalue weighted by Gasteiger charge is -2.20. The van der Waals surface area contributed by atoms with Crippen LogP contribution in [-0.4, -0.2) is 15.9 Å². The number of rotatable bonds is 3. The van der Waals surface area contributed by atoms with Crippen molar-refractivity contribution in [2.75, 3.05) is 0 Å². The summed E-state index contributed by atoms with van der Waals surface area (Å²) < 4.78 is 0. The number of aromatic nitrogens is 2. The van der Waals surface area contributed by atoms with Gasteiger partial charge in [0.2, 0.25) is 5.91 Å². The Morgan fingerprint density at radius 3 is 2.82 bits per heavy atom. The van der Waals surface area contributed by atoms with E-state index in [9.17, 15) is 4.79 Å². The van der Waals surface area contributed by atoms with Gasteiger partial charge in [-0.3, -0.25) is 4.79 Å². The number of carbonyl (C=O) groups excluding carboxylic acids is 1. The fourth-order valence-corrected chi connectivity index (χ4v) is 2.29. The minimum absolute atomic E-state index is 0.181. The summed E-state index contributed by atoms with van der Waals surface area (Å²) in [5.74, 6) is 0.396. The zero-order chi connectivity index (χ0) is 12.1. The van der Waals surface area contributed by atoms with E-state index in [1.54, 1.807) is 0 Å². The number of nitrogens with zero attached hydrogens (tertiary/aromatic N) is 2. The first-order chi connectivity index (χ1) is 8.25. The molecule has 0 spiro atoms. The van der Waals surface area contributed by atoms with E-state index < -0.39 is 0 Å². The molecule has 0 bridgehead atoms. The van der Waals surface area contributed by atoms with Crippen LogP contribution in [0.15, 0.2) is 12.4 Å². The largest absolute Gasteiger partial charge is 0.350 e. The molecule has 1 aromatic rings. The second-order valence-corrected chi connectivity index (χ2v) is 4.70. The number of nitrogens with one attached hydrogen (secondary N) is 1. The molecule has 1 fully saturated rings. The summed E-state index contributed by atoms with van der Waals surface area (Å²) >= 11 is 0. The van der Waals surface area contributed by atoms with Crippen LogP contribution < -0.4 is 5.32 Å². The molecule has 4 nitrogen and oxygen atoms in total. The molecule has 1 aromatic heterocycles. The minimum atomic E-state index is 0.181. The zero-order valence-electron chi connectivity index (χ0n) is 10.3. The van der Waals surface area contributed by atoms with Crippen LogP contribution in [0.3, 0.4) is 0 Å². The maximum atomic E-state index is 11.9. The Hall–Kier alpha value is -1.45. The predicted octanol–water partition coefficient (Wildman–Crippen LogP) is 1.98. The number of carbonyl (C=O) groups is 1. The van der Waals surface area contributed by atoms with Crippen molar-refractivity contribution < 1.29 is 4.79 Å². The zero-order valence-corrected chi connectivity index (χ0v) is 10.3. The standard InChI is InChI=1S/C13H19N3O/c1-10-7-12(16-9-15-10)8-14-13(17)11-5-3-2-4-6-11/h7,9,11H,2-6,8H2,1H3,(H,14,17). The van der Waals surface area contributed by atoms with Crippen LogP contribution in [0.1, 0.15) is 43.5 Å². The lowest BCUT2D eigenvalue weighted by Crippen LogP contribution is -2.31. The van der Waals surface area contributed by atoms with Gasteiger partial charge in [-0.15, -0.1) is 0 Å². The fourth-order valence-electron chi connectivity index (χ4n) is 2.29. The molecule has 0 saturated heterocycles. The third kappa shape index (κ3) is 3.51. The number of hydrogen-bond donors (Lipinski definition) is 1. The monoisotopic (exact) mass is 233 g/mol. The van der Waals surface area contributed by atoms with Gasteiger partial charge in [-0.2, -0.15) is 0 Å². The van der Waals surface area contributed by atoms with Gasteiger partial charge in [-0.05, 0) is 25.8 Å². The van der Waals surface area contributed by atoms with Crippen molar-refractivity contribution in [3.05, 3.63) is 23.8 Å². The third-order valence-electron chi connectivity index (χ3n) is 3.28. The van der Waals surface area contributed by atoms with E-state index >= 15 is 0 Å². The first-order valence-corrected chi connectivity index (χ1v) is 6.31. The molecule has 0 atom stereocenters. The molecular formula is C13H19N3O. The van der Waals surface area contributed by atoms with E-state index in [2.05, 4.69) is 15.3 Å². The van der Waals surface area contributed by atoms with Crippen molar-refractivity contribution in [3.8, 4) is 0 Å². The van der Waals surface area contributed by atoms with E-state index in [1.807, 2.05) is 13.0 Å². The highest BCUT2D eigenvalue weighted by Gasteiger charge is 2.20. The Labute approximate surface area is 102 Å². The average Bonchev–Trinajstić information content (AvgIpc) is 2.37. The highest BCUT2D eigenvalue weighted by Crippen LogP contribution is 2.23. The van der Waals surface area contributed by atoms with Crippen molar-refractivity contribution in [1.82, 2.24) is 15.3 Å². The predicted molar refractivity (Wildman–Crippen MR) is 65.2 cm³/mol. The Morgan fingerprint density at radius 2 is 2.12 bits per heavy atom. The van der Waals surface area contributed by atoms with Gasteiger partial charge in [0.25, 0.3) is 0 Å². The molecule has 17 heavy (non-hydrogen) atoms. The SMILES string of the molecule is Cc1cc(CNC(=O)C2CCCCC2)ncn1. The third-order valence-corrected chi connectivity index (χ3v) is 3.28. The molecule has 92 valence electrons. The average molecular weight is 233 g/mol. The van der Waals surface area contributed by atoms with Crippen molar-refractivity contribution >= 4 is 5.91 Å². The van der Waals surface area contributed by atoms with E-state index in [1.165, 1.54) is 25.6 Å². The van der Waals surface area contributed by atoms with Gasteiger partial charge in [0, 0.05) is 11.6 Å². The van der Waals surface area contributed by atoms with Crippen LogP contribution in [0.2, 0.25) is 0 Å². The first kappa shape index (κ1) is 12.0. The summed E-state index contributed by atoms with van der Waals surface area (Å²) in [6.45, 7) is 2.44. The molecular weight excluding hydrogens is 214 g/mol. The van der Waals surface area contributed by atoms with Crippen LogP contribution in [0.25, 0.3) is 0 Å². The highest BCUT2D eigenvalue weighted by atomic mass is 16.1. The summed E-state index contributed by atoms with van der Waals surface area (Å²) in [5, 5.41) is 2.97. The van der Waals surface area contributed by atoms with Gasteiger partial charge >= 0.3 is 0 Å². The van der Waals surface area contributed by atoms with Crippen LogP contribution in [0, 0.1) is 12.8 Å². The van der Waals surface area contributed by atoms with Crippen LogP contribution in [0.5, 0.6) is 0 Å². The lowest BCUT2D eigenvalue weighted by molar-refractivity contribution is -0.126. The number of amides is 1. The Kier molecular flexibility index (Phi) is 4.07. The van der Waals surface area contributed by atoms with E-state index in [0.717, 1.165) is 24.2 Å². The van der Waals surface area contributed by atoms with Crippen molar-refractivity contribution in [1.29, 1.82) is 0 Å². The van der Waals surface area contributed by atoms with Gasteiger partial charge < -0.3 is 5.32 Å². The van der Waals surface area contributed by atoms with E-state index in [-0.39, 0.29) is 11.8 Å². The normalized spacial score (nSPS) is 16.8. The van der Waals surface area contributed by atoms with Gasteiger partial charge in [0.15, 0.2) is 0 Å². The molecule has 1 N–H and O–H groups in total. The van der Waals surface area contributed by atoms with Crippen molar-refractivity contribution in [3.63, 3.8) is 0 Å². The Morgan fingerprint density at radius 1 is 1.35 bits per heavy atom.